The second-order valence-electron chi connectivity index (χ2n) is 8.44. The van der Waals surface area contributed by atoms with Crippen molar-refractivity contribution in [2.75, 3.05) is 5.75 Å². The summed E-state index contributed by atoms with van der Waals surface area (Å²) in [4.78, 5) is 56.9. The van der Waals surface area contributed by atoms with Gasteiger partial charge >= 0.3 is 5.97 Å². The number of hydrogen-bond donors (Lipinski definition) is 7. The molecule has 1 aromatic carbocycles. The van der Waals surface area contributed by atoms with Crippen LogP contribution in [0.4, 0.5) is 0 Å². The SMILES string of the molecule is CC(C)C(N)C(=O)NC(CS)C(=O)NC(Cc1cnc[nH]1)C(=O)NC(Cc1ccccc1)C(=O)O. The summed E-state index contributed by atoms with van der Waals surface area (Å²) in [6.45, 7) is 3.55. The molecule has 11 nitrogen and oxygen atoms in total. The molecule has 4 atom stereocenters. The van der Waals surface area contributed by atoms with Crippen molar-refractivity contribution in [2.24, 2.45) is 11.7 Å². The van der Waals surface area contributed by atoms with Crippen molar-refractivity contribution in [2.45, 2.75) is 50.9 Å². The highest BCUT2D eigenvalue weighted by Gasteiger charge is 2.30. The van der Waals surface area contributed by atoms with Crippen LogP contribution in [0.25, 0.3) is 0 Å². The Labute approximate surface area is 209 Å². The number of H-pyrrole nitrogens is 1. The fourth-order valence-electron chi connectivity index (χ4n) is 3.18. The first-order valence-corrected chi connectivity index (χ1v) is 11.8. The van der Waals surface area contributed by atoms with Crippen LogP contribution in [0.3, 0.4) is 0 Å². The third-order valence-electron chi connectivity index (χ3n) is 5.35. The molecule has 0 bridgehead atoms. The molecule has 2 aromatic rings. The van der Waals surface area contributed by atoms with Crippen LogP contribution in [0.2, 0.25) is 0 Å². The van der Waals surface area contributed by atoms with Gasteiger partial charge in [0, 0.05) is 30.5 Å². The lowest BCUT2D eigenvalue weighted by molar-refractivity contribution is -0.142. The van der Waals surface area contributed by atoms with Gasteiger partial charge in [0.1, 0.15) is 18.1 Å². The number of thiol groups is 1. The number of nitrogens with zero attached hydrogens (tertiary/aromatic N) is 1. The molecule has 7 N–H and O–H groups in total. The number of carbonyl (C=O) groups excluding carboxylic acids is 3. The Balaban J connectivity index is 2.15. The zero-order valence-corrected chi connectivity index (χ0v) is 20.5. The van der Waals surface area contributed by atoms with Gasteiger partial charge in [0.25, 0.3) is 0 Å². The quantitative estimate of drug-likeness (QED) is 0.182. The van der Waals surface area contributed by atoms with Crippen LogP contribution in [-0.2, 0) is 32.0 Å². The third-order valence-corrected chi connectivity index (χ3v) is 5.71. The molecule has 0 saturated heterocycles. The molecule has 35 heavy (non-hydrogen) atoms. The van der Waals surface area contributed by atoms with E-state index in [9.17, 15) is 24.3 Å². The normalized spacial score (nSPS) is 14.4. The number of amides is 3. The molecule has 0 radical (unpaired) electrons. The van der Waals surface area contributed by atoms with Gasteiger partial charge in [0.2, 0.25) is 17.7 Å². The lowest BCUT2D eigenvalue weighted by Gasteiger charge is -2.25. The molecule has 1 aromatic heterocycles. The van der Waals surface area contributed by atoms with Crippen molar-refractivity contribution >= 4 is 36.3 Å². The van der Waals surface area contributed by atoms with Crippen molar-refractivity contribution in [1.29, 1.82) is 0 Å². The van der Waals surface area contributed by atoms with Crippen LogP contribution >= 0.6 is 12.6 Å². The van der Waals surface area contributed by atoms with E-state index in [1.165, 1.54) is 12.5 Å². The Hall–Kier alpha value is -3.38. The van der Waals surface area contributed by atoms with Gasteiger partial charge < -0.3 is 31.8 Å². The van der Waals surface area contributed by atoms with E-state index < -0.39 is 47.9 Å². The molecule has 4 unspecified atom stereocenters. The second kappa shape index (κ2) is 13.5. The molecule has 0 aliphatic heterocycles. The van der Waals surface area contributed by atoms with Gasteiger partial charge in [0.15, 0.2) is 0 Å². The van der Waals surface area contributed by atoms with Gasteiger partial charge in [-0.2, -0.15) is 12.6 Å². The molecular weight excluding hydrogens is 472 g/mol. The lowest BCUT2D eigenvalue weighted by Crippen LogP contribution is -2.58. The first-order chi connectivity index (χ1) is 16.6. The summed E-state index contributed by atoms with van der Waals surface area (Å²) in [5, 5.41) is 17.3. The van der Waals surface area contributed by atoms with Gasteiger partial charge in [-0.25, -0.2) is 9.78 Å². The summed E-state index contributed by atoms with van der Waals surface area (Å²) in [7, 11) is 0. The second-order valence-corrected chi connectivity index (χ2v) is 8.81. The van der Waals surface area contributed by atoms with Crippen LogP contribution < -0.4 is 21.7 Å². The number of nitrogens with one attached hydrogen (secondary N) is 4. The van der Waals surface area contributed by atoms with E-state index in [-0.39, 0.29) is 24.5 Å². The predicted molar refractivity (Wildman–Crippen MR) is 133 cm³/mol. The van der Waals surface area contributed by atoms with Crippen molar-refractivity contribution < 1.29 is 24.3 Å². The maximum Gasteiger partial charge on any atom is 0.326 e. The highest BCUT2D eigenvalue weighted by atomic mass is 32.1. The molecule has 0 aliphatic rings. The van der Waals surface area contributed by atoms with Crippen LogP contribution in [0.1, 0.15) is 25.1 Å². The molecule has 0 aliphatic carbocycles. The number of rotatable bonds is 13. The first-order valence-electron chi connectivity index (χ1n) is 11.1. The molecule has 190 valence electrons. The van der Waals surface area contributed by atoms with E-state index in [4.69, 9.17) is 5.73 Å². The minimum atomic E-state index is -1.21. The molecular formula is C23H32N6O5S. The van der Waals surface area contributed by atoms with Crippen molar-refractivity contribution in [1.82, 2.24) is 25.9 Å². The highest BCUT2D eigenvalue weighted by Crippen LogP contribution is 2.06. The summed E-state index contributed by atoms with van der Waals surface area (Å²) in [5.74, 6) is -3.25. The summed E-state index contributed by atoms with van der Waals surface area (Å²) >= 11 is 4.14. The molecule has 2 rings (SSSR count). The fraction of sp³-hybridized carbons (Fsp3) is 0.435. The van der Waals surface area contributed by atoms with E-state index in [0.717, 1.165) is 5.56 Å². The Morgan fingerprint density at radius 1 is 0.971 bits per heavy atom. The van der Waals surface area contributed by atoms with E-state index >= 15 is 0 Å². The summed E-state index contributed by atoms with van der Waals surface area (Å²) in [6.07, 6.45) is 3.00. The number of aromatic amines is 1. The number of benzene rings is 1. The molecule has 0 saturated carbocycles. The standard InChI is InChI=1S/C23H32N6O5S/c1-13(2)19(24)22(32)29-18(11-35)21(31)27-16(9-15-10-25-12-26-15)20(30)28-17(23(33)34)8-14-6-4-3-5-7-14/h3-7,10,12-13,16-19,35H,8-9,11,24H2,1-2H3,(H,25,26)(H,27,31)(H,28,30)(H,29,32)(H,33,34). The monoisotopic (exact) mass is 504 g/mol. The predicted octanol–water partition coefficient (Wildman–Crippen LogP) is -0.353. The van der Waals surface area contributed by atoms with Crippen LogP contribution in [0.5, 0.6) is 0 Å². The van der Waals surface area contributed by atoms with E-state index in [1.54, 1.807) is 44.2 Å². The van der Waals surface area contributed by atoms with Crippen LogP contribution in [0, 0.1) is 5.92 Å². The molecule has 0 spiro atoms. The number of aromatic nitrogens is 2. The smallest absolute Gasteiger partial charge is 0.326 e. The third kappa shape index (κ3) is 8.72. The summed E-state index contributed by atoms with van der Waals surface area (Å²) < 4.78 is 0. The molecule has 0 fully saturated rings. The number of carbonyl (C=O) groups is 4. The average Bonchev–Trinajstić information content (AvgIpc) is 3.34. The van der Waals surface area contributed by atoms with Crippen molar-refractivity contribution in [3.63, 3.8) is 0 Å². The summed E-state index contributed by atoms with van der Waals surface area (Å²) in [5.41, 5.74) is 7.13. The zero-order valence-electron chi connectivity index (χ0n) is 19.6. The lowest BCUT2D eigenvalue weighted by atomic mass is 10.0. The van der Waals surface area contributed by atoms with E-state index in [2.05, 4.69) is 38.5 Å². The van der Waals surface area contributed by atoms with E-state index in [0.29, 0.717) is 5.69 Å². The number of aliphatic carboxylic acids is 1. The molecule has 1 heterocycles. The van der Waals surface area contributed by atoms with Crippen molar-refractivity contribution in [3.05, 3.63) is 54.1 Å². The average molecular weight is 505 g/mol. The number of hydrogen-bond acceptors (Lipinski definition) is 7. The number of nitrogens with two attached hydrogens (primary N) is 1. The minimum Gasteiger partial charge on any atom is -0.480 e. The maximum atomic E-state index is 13.1. The van der Waals surface area contributed by atoms with Gasteiger partial charge in [-0.15, -0.1) is 0 Å². The van der Waals surface area contributed by atoms with Gasteiger partial charge in [-0.05, 0) is 11.5 Å². The molecule has 3 amide bonds. The van der Waals surface area contributed by atoms with Gasteiger partial charge in [-0.3, -0.25) is 14.4 Å². The topological polar surface area (TPSA) is 179 Å². The zero-order chi connectivity index (χ0) is 26.0. The van der Waals surface area contributed by atoms with Crippen LogP contribution in [0.15, 0.2) is 42.9 Å². The van der Waals surface area contributed by atoms with Gasteiger partial charge in [0.05, 0.1) is 12.4 Å². The van der Waals surface area contributed by atoms with Crippen molar-refractivity contribution in [3.8, 4) is 0 Å². The molecule has 12 heteroatoms. The number of carboxylic acids is 1. The number of carboxylic acid groups (broad SMARTS) is 1. The highest BCUT2D eigenvalue weighted by molar-refractivity contribution is 7.80. The Bertz CT molecular complexity index is 986. The van der Waals surface area contributed by atoms with E-state index in [1.807, 2.05) is 0 Å². The first kappa shape index (κ1) is 27.9. The summed E-state index contributed by atoms with van der Waals surface area (Å²) in [6, 6.07) is 4.65. The Kier molecular flexibility index (Phi) is 10.7. The number of imidazole rings is 1. The maximum absolute atomic E-state index is 13.1. The Morgan fingerprint density at radius 3 is 2.11 bits per heavy atom. The van der Waals surface area contributed by atoms with Gasteiger partial charge in [-0.1, -0.05) is 44.2 Å². The Morgan fingerprint density at radius 2 is 1.57 bits per heavy atom. The minimum absolute atomic E-state index is 0.0218. The largest absolute Gasteiger partial charge is 0.480 e. The van der Waals surface area contributed by atoms with Crippen LogP contribution in [-0.4, -0.2) is 68.7 Å². The fourth-order valence-corrected chi connectivity index (χ4v) is 3.44.